The number of fused-ring (bicyclic) bond motifs is 1. The highest BCUT2D eigenvalue weighted by Gasteiger charge is 2.43. The molecule has 5 nitrogen and oxygen atoms in total. The zero-order valence-corrected chi connectivity index (χ0v) is 14.0. The molecule has 0 saturated carbocycles. The maximum atomic E-state index is 12.5. The smallest absolute Gasteiger partial charge is 0.240 e. The van der Waals surface area contributed by atoms with Crippen molar-refractivity contribution < 1.29 is 9.53 Å². The van der Waals surface area contributed by atoms with Crippen molar-refractivity contribution in [3.8, 4) is 5.75 Å². The molecule has 1 amide bonds. The first-order chi connectivity index (χ1) is 11.2. The standard InChI is InChI=1S/C17H23N3O2S/c18-13-9-17(22-15-4-2-1-3-12(13)15)5-7-20(8-6-17)16(21)14-10-23-11-19-14/h1-4,13-14,19H,5-11,18H2/t13?,14-/m1/s1. The van der Waals surface area contributed by atoms with Crippen LogP contribution in [0.2, 0.25) is 0 Å². The number of hydrogen-bond donors (Lipinski definition) is 2. The van der Waals surface area contributed by atoms with E-state index in [1.165, 1.54) is 0 Å². The Hall–Kier alpha value is -1.24. The van der Waals surface area contributed by atoms with Crippen LogP contribution in [0.15, 0.2) is 24.3 Å². The Kier molecular flexibility index (Phi) is 3.99. The van der Waals surface area contributed by atoms with E-state index in [1.54, 1.807) is 11.8 Å². The Bertz CT molecular complexity index is 595. The van der Waals surface area contributed by atoms with Gasteiger partial charge in [-0.25, -0.2) is 0 Å². The van der Waals surface area contributed by atoms with Crippen LogP contribution in [0.25, 0.3) is 0 Å². The number of ether oxygens (including phenoxy) is 1. The van der Waals surface area contributed by atoms with E-state index in [0.29, 0.717) is 0 Å². The topological polar surface area (TPSA) is 67.6 Å². The maximum absolute atomic E-state index is 12.5. The van der Waals surface area contributed by atoms with E-state index >= 15 is 0 Å². The third kappa shape index (κ3) is 2.84. The molecule has 2 atom stereocenters. The lowest BCUT2D eigenvalue weighted by molar-refractivity contribution is -0.136. The van der Waals surface area contributed by atoms with Crippen molar-refractivity contribution in [1.29, 1.82) is 0 Å². The van der Waals surface area contributed by atoms with Crippen LogP contribution in [0.4, 0.5) is 0 Å². The van der Waals surface area contributed by atoms with Crippen molar-refractivity contribution in [3.05, 3.63) is 29.8 Å². The predicted molar refractivity (Wildman–Crippen MR) is 91.4 cm³/mol. The van der Waals surface area contributed by atoms with Crippen molar-refractivity contribution in [2.24, 2.45) is 5.73 Å². The number of likely N-dealkylation sites (tertiary alicyclic amines) is 1. The Morgan fingerprint density at radius 3 is 2.87 bits per heavy atom. The van der Waals surface area contributed by atoms with Gasteiger partial charge in [0, 0.05) is 55.6 Å². The molecular formula is C17H23N3O2S. The zero-order chi connectivity index (χ0) is 15.9. The highest BCUT2D eigenvalue weighted by atomic mass is 32.2. The molecule has 3 N–H and O–H groups in total. The van der Waals surface area contributed by atoms with Gasteiger partial charge in [-0.15, -0.1) is 11.8 Å². The van der Waals surface area contributed by atoms with Gasteiger partial charge in [-0.3, -0.25) is 10.1 Å². The van der Waals surface area contributed by atoms with E-state index in [4.69, 9.17) is 10.5 Å². The molecule has 0 aromatic heterocycles. The molecule has 1 unspecified atom stereocenters. The number of nitrogens with one attached hydrogen (secondary N) is 1. The SMILES string of the molecule is NC1CC2(CCN(C(=O)[C@H]3CSCN3)CC2)Oc2ccccc21. The van der Waals surface area contributed by atoms with Gasteiger partial charge < -0.3 is 15.4 Å². The highest BCUT2D eigenvalue weighted by molar-refractivity contribution is 7.99. The molecule has 2 fully saturated rings. The van der Waals surface area contributed by atoms with Crippen molar-refractivity contribution in [1.82, 2.24) is 10.2 Å². The summed E-state index contributed by atoms with van der Waals surface area (Å²) >= 11 is 1.79. The number of piperidine rings is 1. The van der Waals surface area contributed by atoms with Crippen LogP contribution in [0.1, 0.15) is 30.9 Å². The molecule has 3 aliphatic heterocycles. The Morgan fingerprint density at radius 2 is 2.13 bits per heavy atom. The van der Waals surface area contributed by atoms with Gasteiger partial charge in [-0.1, -0.05) is 18.2 Å². The van der Waals surface area contributed by atoms with Crippen molar-refractivity contribution >= 4 is 17.7 Å². The maximum Gasteiger partial charge on any atom is 0.240 e. The van der Waals surface area contributed by atoms with Crippen LogP contribution in [-0.4, -0.2) is 47.2 Å². The van der Waals surface area contributed by atoms with Crippen LogP contribution in [-0.2, 0) is 4.79 Å². The molecule has 4 rings (SSSR count). The molecule has 1 aromatic carbocycles. The van der Waals surface area contributed by atoms with Gasteiger partial charge in [0.2, 0.25) is 5.91 Å². The highest BCUT2D eigenvalue weighted by Crippen LogP contribution is 2.43. The molecule has 0 bridgehead atoms. The van der Waals surface area contributed by atoms with E-state index in [9.17, 15) is 4.79 Å². The average molecular weight is 333 g/mol. The van der Waals surface area contributed by atoms with Crippen LogP contribution in [0.5, 0.6) is 5.75 Å². The number of rotatable bonds is 1. The number of para-hydroxylation sites is 1. The lowest BCUT2D eigenvalue weighted by Gasteiger charge is -2.46. The fourth-order valence-corrected chi connectivity index (χ4v) is 4.81. The zero-order valence-electron chi connectivity index (χ0n) is 13.2. The number of carbonyl (C=O) groups is 1. The second-order valence-corrected chi connectivity index (χ2v) is 7.76. The quantitative estimate of drug-likeness (QED) is 0.815. The monoisotopic (exact) mass is 333 g/mol. The molecule has 1 aromatic rings. The van der Waals surface area contributed by atoms with E-state index in [1.807, 2.05) is 23.1 Å². The summed E-state index contributed by atoms with van der Waals surface area (Å²) in [5.41, 5.74) is 7.27. The second kappa shape index (κ2) is 6.00. The van der Waals surface area contributed by atoms with Gasteiger partial charge in [0.1, 0.15) is 11.4 Å². The number of nitrogens with zero attached hydrogens (tertiary/aromatic N) is 1. The minimum Gasteiger partial charge on any atom is -0.487 e. The van der Waals surface area contributed by atoms with Crippen LogP contribution in [0, 0.1) is 0 Å². The van der Waals surface area contributed by atoms with Gasteiger partial charge in [-0.05, 0) is 6.07 Å². The number of thioether (sulfide) groups is 1. The summed E-state index contributed by atoms with van der Waals surface area (Å²) in [5.74, 6) is 2.92. The molecule has 6 heteroatoms. The third-order valence-corrected chi connectivity index (χ3v) is 6.18. The van der Waals surface area contributed by atoms with Gasteiger partial charge in [-0.2, -0.15) is 0 Å². The molecule has 23 heavy (non-hydrogen) atoms. The van der Waals surface area contributed by atoms with Crippen LogP contribution in [0.3, 0.4) is 0 Å². The summed E-state index contributed by atoms with van der Waals surface area (Å²) in [6, 6.07) is 8.07. The van der Waals surface area contributed by atoms with E-state index in [2.05, 4.69) is 11.4 Å². The fraction of sp³-hybridized carbons (Fsp3) is 0.588. The van der Waals surface area contributed by atoms with E-state index < -0.39 is 0 Å². The molecule has 1 spiro atoms. The largest absolute Gasteiger partial charge is 0.487 e. The predicted octanol–water partition coefficient (Wildman–Crippen LogP) is 1.49. The molecule has 2 saturated heterocycles. The third-order valence-electron chi connectivity index (χ3n) is 5.24. The summed E-state index contributed by atoms with van der Waals surface area (Å²) in [7, 11) is 0. The summed E-state index contributed by atoms with van der Waals surface area (Å²) in [4.78, 5) is 14.5. The molecule has 3 aliphatic rings. The van der Waals surface area contributed by atoms with Gasteiger partial charge in [0.15, 0.2) is 0 Å². The lowest BCUT2D eigenvalue weighted by atomic mass is 9.81. The molecule has 3 heterocycles. The summed E-state index contributed by atoms with van der Waals surface area (Å²) in [5, 5.41) is 3.27. The molecular weight excluding hydrogens is 310 g/mol. The first-order valence-electron chi connectivity index (χ1n) is 8.30. The minimum atomic E-state index is -0.206. The number of amides is 1. The summed E-state index contributed by atoms with van der Waals surface area (Å²) in [6.07, 6.45) is 2.56. The molecule has 0 radical (unpaired) electrons. The Labute approximate surface area is 140 Å². The Morgan fingerprint density at radius 1 is 1.35 bits per heavy atom. The van der Waals surface area contributed by atoms with Crippen LogP contribution >= 0.6 is 11.8 Å². The fourth-order valence-electron chi connectivity index (χ4n) is 3.88. The summed E-state index contributed by atoms with van der Waals surface area (Å²) < 4.78 is 6.35. The number of carbonyl (C=O) groups excluding carboxylic acids is 1. The minimum absolute atomic E-state index is 0.00990. The van der Waals surface area contributed by atoms with Gasteiger partial charge >= 0.3 is 0 Å². The number of benzene rings is 1. The molecule has 124 valence electrons. The van der Waals surface area contributed by atoms with Crippen molar-refractivity contribution in [2.45, 2.75) is 36.9 Å². The van der Waals surface area contributed by atoms with Crippen molar-refractivity contribution in [2.75, 3.05) is 24.7 Å². The van der Waals surface area contributed by atoms with Crippen molar-refractivity contribution in [3.63, 3.8) is 0 Å². The summed E-state index contributed by atoms with van der Waals surface area (Å²) in [6.45, 7) is 1.52. The van der Waals surface area contributed by atoms with Gasteiger partial charge in [0.05, 0.1) is 6.04 Å². The van der Waals surface area contributed by atoms with Gasteiger partial charge in [0.25, 0.3) is 0 Å². The second-order valence-electron chi connectivity index (χ2n) is 6.73. The first kappa shape index (κ1) is 15.3. The first-order valence-corrected chi connectivity index (χ1v) is 9.46. The molecule has 0 aliphatic carbocycles. The number of nitrogens with two attached hydrogens (primary N) is 1. The van der Waals surface area contributed by atoms with E-state index in [-0.39, 0.29) is 23.6 Å². The average Bonchev–Trinajstić information content (AvgIpc) is 3.09. The van der Waals surface area contributed by atoms with E-state index in [0.717, 1.165) is 55.3 Å². The lowest BCUT2D eigenvalue weighted by Crippen LogP contribution is -2.55. The Balaban J connectivity index is 1.44. The normalized spacial score (nSPS) is 29.2. The number of hydrogen-bond acceptors (Lipinski definition) is 5. The van der Waals surface area contributed by atoms with Crippen LogP contribution < -0.4 is 15.8 Å².